The molecule has 0 radical (unpaired) electrons. The molecule has 0 aliphatic heterocycles. The van der Waals surface area contributed by atoms with E-state index in [1.54, 1.807) is 6.08 Å². The maximum atomic E-state index is 12.9. The summed E-state index contributed by atoms with van der Waals surface area (Å²) in [6.07, 6.45) is 55.1. The average molecular weight is 832 g/mol. The Hall–Kier alpha value is -2.32. The number of nitrogens with zero attached hydrogens (tertiary/aromatic N) is 1. The van der Waals surface area contributed by atoms with Crippen LogP contribution >= 0.6 is 7.82 Å². The number of nitrogens with one attached hydrogen (secondary N) is 1. The number of aliphatic hydroxyl groups excluding tert-OH is 1. The maximum Gasteiger partial charge on any atom is 0.472 e. The molecule has 3 atom stereocenters. The second kappa shape index (κ2) is 40.1. The van der Waals surface area contributed by atoms with Gasteiger partial charge in [-0.2, -0.15) is 0 Å². The van der Waals surface area contributed by atoms with Crippen LogP contribution < -0.4 is 5.32 Å². The zero-order valence-electron chi connectivity index (χ0n) is 37.8. The number of aliphatic hydroxyl groups is 1. The van der Waals surface area contributed by atoms with Crippen molar-refractivity contribution in [1.29, 1.82) is 0 Å². The van der Waals surface area contributed by atoms with Gasteiger partial charge >= 0.3 is 7.82 Å². The first-order valence-electron chi connectivity index (χ1n) is 23.0. The molecule has 0 aromatic heterocycles. The Balaban J connectivity index is 4.55. The van der Waals surface area contributed by atoms with Gasteiger partial charge in [-0.15, -0.1) is 0 Å². The van der Waals surface area contributed by atoms with Crippen molar-refractivity contribution in [3.63, 3.8) is 0 Å². The van der Waals surface area contributed by atoms with E-state index in [1.165, 1.54) is 64.2 Å². The van der Waals surface area contributed by atoms with Crippen LogP contribution in [0.15, 0.2) is 85.1 Å². The van der Waals surface area contributed by atoms with E-state index in [0.29, 0.717) is 17.4 Å². The van der Waals surface area contributed by atoms with Crippen molar-refractivity contribution in [2.75, 3.05) is 40.9 Å². The van der Waals surface area contributed by atoms with Gasteiger partial charge in [0.25, 0.3) is 0 Å². The molecule has 0 heterocycles. The molecule has 0 spiro atoms. The summed E-state index contributed by atoms with van der Waals surface area (Å²) in [5, 5.41) is 13.8. The molecule has 0 aromatic carbocycles. The number of likely N-dealkylation sites (N-methyl/N-ethyl adjacent to an activating group) is 1. The molecule has 9 heteroatoms. The molecule has 0 aromatic rings. The van der Waals surface area contributed by atoms with E-state index in [0.717, 1.165) is 83.5 Å². The normalized spacial score (nSPS) is 15.1. The quantitative estimate of drug-likeness (QED) is 0.0246. The standard InChI is InChI=1S/C49H87N2O6P/c1-6-8-10-12-14-16-18-20-22-24-25-27-28-30-32-34-36-38-40-42-48(52)47(46-57-58(54,55)56-45-44-51(3,4)5)50-49(53)43-41-39-37-35-33-31-29-26-23-21-19-17-15-13-11-9-7-2/h9,11,15,17,21,23,25,27,29,31-32,34,40,42,47-48,52H,6-8,10,12-14,16,18-20,22,24,26,28,30,33,35-39,41,43-46H2,1-5H3,(H-,50,53,54,55)/p+1/b11-9-,17-15-,23-21-,27-25+,31-29-,34-32+,42-40+. The molecule has 0 bridgehead atoms. The van der Waals surface area contributed by atoms with Crippen molar-refractivity contribution in [3.05, 3.63) is 85.1 Å². The molecular formula is C49H88N2O6P+. The smallest absolute Gasteiger partial charge is 0.387 e. The minimum atomic E-state index is -4.36. The molecule has 3 unspecified atom stereocenters. The minimum absolute atomic E-state index is 0.0439. The largest absolute Gasteiger partial charge is 0.472 e. The summed E-state index contributed by atoms with van der Waals surface area (Å²) in [7, 11) is 1.51. The van der Waals surface area contributed by atoms with Gasteiger partial charge in [0, 0.05) is 6.42 Å². The fraction of sp³-hybridized carbons (Fsp3) is 0.694. The van der Waals surface area contributed by atoms with Crippen LogP contribution in [-0.4, -0.2) is 73.4 Å². The summed E-state index contributed by atoms with van der Waals surface area (Å²) in [5.41, 5.74) is 0. The Morgan fingerprint density at radius 1 is 0.603 bits per heavy atom. The van der Waals surface area contributed by atoms with E-state index in [9.17, 15) is 19.4 Å². The van der Waals surface area contributed by atoms with Gasteiger partial charge in [-0.1, -0.05) is 163 Å². The fourth-order valence-electron chi connectivity index (χ4n) is 5.94. The number of amides is 1. The van der Waals surface area contributed by atoms with Gasteiger partial charge in [-0.05, 0) is 83.5 Å². The molecule has 1 amide bonds. The van der Waals surface area contributed by atoms with E-state index in [1.807, 2.05) is 27.2 Å². The lowest BCUT2D eigenvalue weighted by Crippen LogP contribution is -2.45. The van der Waals surface area contributed by atoms with Crippen LogP contribution in [0.2, 0.25) is 0 Å². The third-order valence-corrected chi connectivity index (χ3v) is 10.6. The molecule has 334 valence electrons. The number of carbonyl (C=O) groups is 1. The van der Waals surface area contributed by atoms with Crippen LogP contribution in [-0.2, 0) is 18.4 Å². The van der Waals surface area contributed by atoms with Crippen molar-refractivity contribution in [2.45, 2.75) is 180 Å². The molecule has 0 rings (SSSR count). The molecule has 0 fully saturated rings. The molecule has 58 heavy (non-hydrogen) atoms. The van der Waals surface area contributed by atoms with E-state index in [-0.39, 0.29) is 19.1 Å². The number of hydrogen-bond acceptors (Lipinski definition) is 5. The third kappa shape index (κ3) is 41.8. The molecule has 3 N–H and O–H groups in total. The Kier molecular flexibility index (Phi) is 38.5. The highest BCUT2D eigenvalue weighted by Gasteiger charge is 2.27. The number of phosphoric ester groups is 1. The first kappa shape index (κ1) is 55.7. The Morgan fingerprint density at radius 2 is 1.05 bits per heavy atom. The second-order valence-electron chi connectivity index (χ2n) is 16.4. The highest BCUT2D eigenvalue weighted by atomic mass is 31.2. The molecule has 0 aliphatic carbocycles. The van der Waals surface area contributed by atoms with Gasteiger partial charge in [-0.25, -0.2) is 4.57 Å². The minimum Gasteiger partial charge on any atom is -0.387 e. The molecular weight excluding hydrogens is 744 g/mol. The zero-order chi connectivity index (χ0) is 42.8. The maximum absolute atomic E-state index is 12.9. The lowest BCUT2D eigenvalue weighted by Gasteiger charge is -2.25. The van der Waals surface area contributed by atoms with E-state index in [2.05, 4.69) is 92.1 Å². The van der Waals surface area contributed by atoms with Crippen LogP contribution in [0, 0.1) is 0 Å². The Labute approximate surface area is 356 Å². The van der Waals surface area contributed by atoms with E-state index in [4.69, 9.17) is 9.05 Å². The number of allylic oxidation sites excluding steroid dienone is 13. The monoisotopic (exact) mass is 832 g/mol. The van der Waals surface area contributed by atoms with Crippen LogP contribution in [0.4, 0.5) is 0 Å². The van der Waals surface area contributed by atoms with Crippen LogP contribution in [0.5, 0.6) is 0 Å². The van der Waals surface area contributed by atoms with Crippen LogP contribution in [0.1, 0.15) is 168 Å². The molecule has 8 nitrogen and oxygen atoms in total. The Bertz CT molecular complexity index is 1220. The lowest BCUT2D eigenvalue weighted by molar-refractivity contribution is -0.870. The molecule has 0 saturated heterocycles. The van der Waals surface area contributed by atoms with Gasteiger partial charge in [0.05, 0.1) is 39.9 Å². The highest BCUT2D eigenvalue weighted by molar-refractivity contribution is 7.47. The topological polar surface area (TPSA) is 105 Å². The number of phosphoric acid groups is 1. The lowest BCUT2D eigenvalue weighted by atomic mass is 10.1. The number of carbonyl (C=O) groups excluding carboxylic acids is 1. The molecule has 0 aliphatic rings. The second-order valence-corrected chi connectivity index (χ2v) is 17.8. The third-order valence-electron chi connectivity index (χ3n) is 9.58. The van der Waals surface area contributed by atoms with Crippen molar-refractivity contribution in [3.8, 4) is 0 Å². The van der Waals surface area contributed by atoms with Gasteiger partial charge in [0.1, 0.15) is 13.2 Å². The first-order valence-corrected chi connectivity index (χ1v) is 24.5. The summed E-state index contributed by atoms with van der Waals surface area (Å²) in [4.78, 5) is 23.1. The van der Waals surface area contributed by atoms with Gasteiger partial charge in [0.15, 0.2) is 0 Å². The summed E-state index contributed by atoms with van der Waals surface area (Å²) in [5.74, 6) is -0.219. The predicted octanol–water partition coefficient (Wildman–Crippen LogP) is 13.0. The van der Waals surface area contributed by atoms with E-state index < -0.39 is 20.0 Å². The number of quaternary nitrogens is 1. The van der Waals surface area contributed by atoms with Crippen LogP contribution in [0.25, 0.3) is 0 Å². The average Bonchev–Trinajstić information content (AvgIpc) is 3.17. The number of unbranched alkanes of at least 4 members (excludes halogenated alkanes) is 15. The summed E-state index contributed by atoms with van der Waals surface area (Å²) in [6.45, 7) is 4.63. The summed E-state index contributed by atoms with van der Waals surface area (Å²) in [6, 6.07) is -0.887. The van der Waals surface area contributed by atoms with Crippen LogP contribution in [0.3, 0.4) is 0 Å². The van der Waals surface area contributed by atoms with Gasteiger partial charge < -0.3 is 19.8 Å². The number of hydrogen-bond donors (Lipinski definition) is 3. The Morgan fingerprint density at radius 3 is 1.59 bits per heavy atom. The van der Waals surface area contributed by atoms with Crippen molar-refractivity contribution < 1.29 is 32.9 Å². The summed E-state index contributed by atoms with van der Waals surface area (Å²) < 4.78 is 23.5. The fourth-order valence-corrected chi connectivity index (χ4v) is 6.68. The van der Waals surface area contributed by atoms with E-state index >= 15 is 0 Å². The SMILES string of the molecule is CC/C=C\C/C=C\C/C=C\C/C=C\CCCCCCC(=O)NC(COP(=O)(O)OCC[N+](C)(C)C)C(O)/C=C/CC/C=C/CC/C=C/CCCCCCCCCCC. The molecule has 0 saturated carbocycles. The van der Waals surface area contributed by atoms with Crippen molar-refractivity contribution >= 4 is 13.7 Å². The van der Waals surface area contributed by atoms with Gasteiger partial charge in [-0.3, -0.25) is 13.8 Å². The van der Waals surface area contributed by atoms with Gasteiger partial charge in [0.2, 0.25) is 5.91 Å². The predicted molar refractivity (Wildman–Crippen MR) is 249 cm³/mol. The van der Waals surface area contributed by atoms with Crippen molar-refractivity contribution in [2.24, 2.45) is 0 Å². The highest BCUT2D eigenvalue weighted by Crippen LogP contribution is 2.43. The zero-order valence-corrected chi connectivity index (χ0v) is 38.6. The summed E-state index contributed by atoms with van der Waals surface area (Å²) >= 11 is 0. The van der Waals surface area contributed by atoms with Crippen molar-refractivity contribution in [1.82, 2.24) is 5.32 Å². The number of rotatable bonds is 40. The first-order chi connectivity index (χ1) is 28.0.